The molecule has 2 atom stereocenters. The molecule has 5 aromatic carbocycles. The standard InChI is InChI=1S/C28H28ClN.C21H23N/c29-24-16-12-20(13-17-24)19-30-25-9-5-8-23(18-25)28-26-10-3-1-6-21(26)14-15-22-7-2-4-11-27(22)28;22-18-9-5-8-17(14-18)21-19-10-3-1-6-15(19)12-13-16-7-2-4-11-20(16)21/h1-4,6-7,10-13,16-17,25,30H,5,8-9,14-15,18-19H2;1-4,6-7,10-11,18H,5,8-9,12-14,22H2. The average molecular weight is 703 g/mol. The molecule has 264 valence electrons. The molecule has 52 heavy (non-hydrogen) atoms. The first kappa shape index (κ1) is 34.9. The average Bonchev–Trinajstić information content (AvgIpc) is 3.46. The first-order valence-electron chi connectivity index (χ1n) is 19.6. The Balaban J connectivity index is 0.000000156. The first-order chi connectivity index (χ1) is 25.6. The molecule has 4 aliphatic carbocycles. The van der Waals surface area contributed by atoms with E-state index in [1.807, 2.05) is 12.1 Å². The molecule has 0 spiro atoms. The largest absolute Gasteiger partial charge is 0.327 e. The molecule has 0 aliphatic heterocycles. The summed E-state index contributed by atoms with van der Waals surface area (Å²) in [6, 6.07) is 45.1. The first-order valence-corrected chi connectivity index (χ1v) is 20.0. The van der Waals surface area contributed by atoms with Gasteiger partial charge in [-0.3, -0.25) is 0 Å². The summed E-state index contributed by atoms with van der Waals surface area (Å²) >= 11 is 6.04. The maximum absolute atomic E-state index is 6.28. The quantitative estimate of drug-likeness (QED) is 0.196. The van der Waals surface area contributed by atoms with E-state index >= 15 is 0 Å². The second-order valence-corrected chi connectivity index (χ2v) is 15.7. The van der Waals surface area contributed by atoms with Crippen LogP contribution in [0.5, 0.6) is 0 Å². The van der Waals surface area contributed by atoms with Crippen LogP contribution in [-0.4, -0.2) is 12.1 Å². The number of fused-ring (bicyclic) bond motifs is 4. The number of nitrogens with two attached hydrogens (primary N) is 1. The summed E-state index contributed by atoms with van der Waals surface area (Å²) in [4.78, 5) is 0. The lowest BCUT2D eigenvalue weighted by molar-refractivity contribution is 0.425. The van der Waals surface area contributed by atoms with Crippen LogP contribution >= 0.6 is 11.6 Å². The number of nitrogens with one attached hydrogen (secondary N) is 1. The lowest BCUT2D eigenvalue weighted by Crippen LogP contribution is -2.31. The van der Waals surface area contributed by atoms with Gasteiger partial charge >= 0.3 is 0 Å². The Kier molecular flexibility index (Phi) is 10.9. The maximum Gasteiger partial charge on any atom is 0.0406 e. The van der Waals surface area contributed by atoms with E-state index in [2.05, 4.69) is 115 Å². The van der Waals surface area contributed by atoms with Crippen LogP contribution in [0.15, 0.2) is 132 Å². The van der Waals surface area contributed by atoms with E-state index in [9.17, 15) is 0 Å². The lowest BCUT2D eigenvalue weighted by atomic mass is 9.81. The van der Waals surface area contributed by atoms with Gasteiger partial charge in [-0.2, -0.15) is 0 Å². The second kappa shape index (κ2) is 16.2. The molecule has 0 aromatic heterocycles. The number of rotatable bonds is 3. The van der Waals surface area contributed by atoms with Gasteiger partial charge in [0.15, 0.2) is 0 Å². The van der Waals surface area contributed by atoms with Crippen LogP contribution in [0.4, 0.5) is 0 Å². The van der Waals surface area contributed by atoms with Gasteiger partial charge < -0.3 is 11.1 Å². The van der Waals surface area contributed by atoms with Crippen LogP contribution in [0.3, 0.4) is 0 Å². The summed E-state index contributed by atoms with van der Waals surface area (Å²) in [5.74, 6) is 0. The van der Waals surface area contributed by atoms with Crippen molar-refractivity contribution >= 4 is 22.7 Å². The fraction of sp³-hybridized carbons (Fsp3) is 0.306. The molecule has 0 amide bonds. The monoisotopic (exact) mass is 702 g/mol. The third-order valence-electron chi connectivity index (χ3n) is 11.8. The Labute approximate surface area is 315 Å². The van der Waals surface area contributed by atoms with Gasteiger partial charge in [0.25, 0.3) is 0 Å². The van der Waals surface area contributed by atoms with Gasteiger partial charge in [0.1, 0.15) is 0 Å². The van der Waals surface area contributed by atoms with Gasteiger partial charge in [-0.1, -0.05) is 132 Å². The second-order valence-electron chi connectivity index (χ2n) is 15.2. The molecule has 2 fully saturated rings. The predicted molar refractivity (Wildman–Crippen MR) is 220 cm³/mol. The van der Waals surface area contributed by atoms with Gasteiger partial charge in [-0.15, -0.1) is 0 Å². The number of hydrogen-bond acceptors (Lipinski definition) is 2. The highest BCUT2D eigenvalue weighted by Crippen LogP contribution is 2.41. The highest BCUT2D eigenvalue weighted by Gasteiger charge is 2.26. The molecule has 4 aliphatic rings. The van der Waals surface area contributed by atoms with Crippen molar-refractivity contribution < 1.29 is 0 Å². The van der Waals surface area contributed by atoms with Crippen LogP contribution in [0.1, 0.15) is 101 Å². The Hall–Kier alpha value is -4.21. The molecular weight excluding hydrogens is 652 g/mol. The van der Waals surface area contributed by atoms with Crippen molar-refractivity contribution in [2.24, 2.45) is 5.73 Å². The van der Waals surface area contributed by atoms with E-state index in [4.69, 9.17) is 17.3 Å². The molecular formula is C49H51ClN2. The number of halogens is 1. The summed E-state index contributed by atoms with van der Waals surface area (Å²) < 4.78 is 0. The highest BCUT2D eigenvalue weighted by atomic mass is 35.5. The van der Waals surface area contributed by atoms with Gasteiger partial charge in [0, 0.05) is 23.7 Å². The minimum atomic E-state index is 0.332. The minimum absolute atomic E-state index is 0.332. The normalized spacial score (nSPS) is 19.6. The SMILES string of the molecule is Clc1ccc(CNC2CCCC(=C3c4ccccc4CCc4ccccc43)C2)cc1.NC1CCCC(=C2c3ccccc3CCc3ccccc32)C1. The maximum atomic E-state index is 6.28. The number of hydrogen-bond donors (Lipinski definition) is 2. The Morgan fingerprint density at radius 1 is 0.500 bits per heavy atom. The van der Waals surface area contributed by atoms with Gasteiger partial charge in [-0.05, 0) is 150 Å². The van der Waals surface area contributed by atoms with Gasteiger partial charge in [0.2, 0.25) is 0 Å². The molecule has 0 heterocycles. The minimum Gasteiger partial charge on any atom is -0.327 e. The van der Waals surface area contributed by atoms with Crippen LogP contribution in [0, 0.1) is 0 Å². The van der Waals surface area contributed by atoms with E-state index in [-0.39, 0.29) is 0 Å². The predicted octanol–water partition coefficient (Wildman–Crippen LogP) is 11.5. The summed E-state index contributed by atoms with van der Waals surface area (Å²) in [5.41, 5.74) is 25.5. The van der Waals surface area contributed by atoms with E-state index in [0.29, 0.717) is 12.1 Å². The summed E-state index contributed by atoms with van der Waals surface area (Å²) in [7, 11) is 0. The molecule has 2 saturated carbocycles. The van der Waals surface area contributed by atoms with Crippen molar-refractivity contribution in [3.05, 3.63) is 188 Å². The van der Waals surface area contributed by atoms with E-state index in [0.717, 1.165) is 50.1 Å². The van der Waals surface area contributed by atoms with Crippen LogP contribution in [-0.2, 0) is 32.2 Å². The van der Waals surface area contributed by atoms with Crippen molar-refractivity contribution in [2.45, 2.75) is 95.7 Å². The summed E-state index contributed by atoms with van der Waals surface area (Å²) in [6.07, 6.45) is 14.0. The van der Waals surface area contributed by atoms with Crippen molar-refractivity contribution in [1.82, 2.24) is 5.32 Å². The van der Waals surface area contributed by atoms with E-state index in [1.54, 1.807) is 11.1 Å². The highest BCUT2D eigenvalue weighted by molar-refractivity contribution is 6.30. The van der Waals surface area contributed by atoms with E-state index < -0.39 is 0 Å². The Morgan fingerprint density at radius 2 is 0.923 bits per heavy atom. The zero-order chi connectivity index (χ0) is 35.3. The Morgan fingerprint density at radius 3 is 1.38 bits per heavy atom. The molecule has 0 saturated heterocycles. The van der Waals surface area contributed by atoms with Crippen molar-refractivity contribution in [2.75, 3.05) is 0 Å². The number of aryl methyl sites for hydroxylation is 4. The van der Waals surface area contributed by atoms with Crippen molar-refractivity contribution in [3.63, 3.8) is 0 Å². The van der Waals surface area contributed by atoms with E-state index in [1.165, 1.54) is 99.7 Å². The van der Waals surface area contributed by atoms with Gasteiger partial charge in [0.05, 0.1) is 0 Å². The molecule has 0 bridgehead atoms. The topological polar surface area (TPSA) is 38.0 Å². The molecule has 2 nitrogen and oxygen atoms in total. The third-order valence-corrected chi connectivity index (χ3v) is 12.0. The molecule has 2 unspecified atom stereocenters. The molecule has 9 rings (SSSR count). The molecule has 0 radical (unpaired) electrons. The Bertz CT molecular complexity index is 1990. The van der Waals surface area contributed by atoms with Crippen LogP contribution in [0.25, 0.3) is 11.1 Å². The van der Waals surface area contributed by atoms with Crippen LogP contribution in [0.2, 0.25) is 5.02 Å². The summed E-state index contributed by atoms with van der Waals surface area (Å²) in [5, 5.41) is 4.61. The third kappa shape index (κ3) is 7.76. The van der Waals surface area contributed by atoms with Gasteiger partial charge in [-0.25, -0.2) is 0 Å². The zero-order valence-electron chi connectivity index (χ0n) is 30.3. The molecule has 3 N–H and O–H groups in total. The molecule has 5 aromatic rings. The summed E-state index contributed by atoms with van der Waals surface area (Å²) in [6.45, 7) is 0.900. The molecule has 3 heteroatoms. The smallest absolute Gasteiger partial charge is 0.0406 e. The van der Waals surface area contributed by atoms with Crippen molar-refractivity contribution in [3.8, 4) is 0 Å². The number of benzene rings is 5. The lowest BCUT2D eigenvalue weighted by Gasteiger charge is -2.28. The van der Waals surface area contributed by atoms with Crippen molar-refractivity contribution in [1.29, 1.82) is 0 Å². The zero-order valence-corrected chi connectivity index (χ0v) is 31.1. The fourth-order valence-corrected chi connectivity index (χ4v) is 9.30. The van der Waals surface area contributed by atoms with Crippen LogP contribution < -0.4 is 11.1 Å². The fourth-order valence-electron chi connectivity index (χ4n) is 9.17.